The first-order chi connectivity index (χ1) is 9.02. The van der Waals surface area contributed by atoms with Crippen molar-refractivity contribution in [2.75, 3.05) is 13.7 Å². The smallest absolute Gasteiger partial charge is 0.323 e. The molecule has 3 atom stereocenters. The number of methoxy groups -OCH3 is 1. The summed E-state index contributed by atoms with van der Waals surface area (Å²) in [6.07, 6.45) is -0.854. The summed E-state index contributed by atoms with van der Waals surface area (Å²) in [6.45, 7) is 2.00. The molecule has 2 N–H and O–H groups in total. The number of benzene rings is 1. The lowest BCUT2D eigenvalue weighted by Gasteiger charge is -2.33. The average Bonchev–Trinajstić information content (AvgIpc) is 2.38. The summed E-state index contributed by atoms with van der Waals surface area (Å²) in [5, 5.41) is 11.8. The van der Waals surface area contributed by atoms with Gasteiger partial charge in [-0.2, -0.15) is 0 Å². The van der Waals surface area contributed by atoms with Gasteiger partial charge in [0.15, 0.2) is 11.6 Å². The van der Waals surface area contributed by atoms with Crippen LogP contribution in [0.15, 0.2) is 18.2 Å². The molecule has 1 aromatic rings. The number of carboxylic acid groups (broad SMARTS) is 1. The third kappa shape index (κ3) is 2.85. The Hall–Kier alpha value is -1.66. The van der Waals surface area contributed by atoms with Gasteiger partial charge < -0.3 is 14.6 Å². The number of halogens is 1. The molecule has 1 heterocycles. The van der Waals surface area contributed by atoms with Crippen molar-refractivity contribution < 1.29 is 23.8 Å². The molecule has 104 valence electrons. The minimum Gasteiger partial charge on any atom is -0.494 e. The molecule has 5 nitrogen and oxygen atoms in total. The van der Waals surface area contributed by atoms with Crippen LogP contribution in [0.4, 0.5) is 4.39 Å². The molecule has 0 bridgehead atoms. The average molecular weight is 269 g/mol. The normalized spacial score (nSPS) is 27.0. The van der Waals surface area contributed by atoms with E-state index in [4.69, 9.17) is 14.6 Å². The Morgan fingerprint density at radius 3 is 2.84 bits per heavy atom. The van der Waals surface area contributed by atoms with Crippen LogP contribution in [0.3, 0.4) is 0 Å². The van der Waals surface area contributed by atoms with Crippen molar-refractivity contribution in [2.24, 2.45) is 0 Å². The number of carbonyl (C=O) groups is 1. The van der Waals surface area contributed by atoms with E-state index in [-0.39, 0.29) is 11.9 Å². The molecule has 1 saturated heterocycles. The summed E-state index contributed by atoms with van der Waals surface area (Å²) < 4.78 is 24.1. The number of aliphatic carboxylic acids is 1. The van der Waals surface area contributed by atoms with Crippen molar-refractivity contribution in [3.05, 3.63) is 29.6 Å². The van der Waals surface area contributed by atoms with E-state index in [1.54, 1.807) is 13.0 Å². The second kappa shape index (κ2) is 5.54. The molecule has 1 aromatic carbocycles. The van der Waals surface area contributed by atoms with E-state index in [9.17, 15) is 9.18 Å². The molecule has 0 amide bonds. The molecule has 2 rings (SSSR count). The molecule has 1 aliphatic rings. The molecule has 0 aliphatic carbocycles. The highest BCUT2D eigenvalue weighted by atomic mass is 19.1. The topological polar surface area (TPSA) is 67.8 Å². The number of hydrogen-bond acceptors (Lipinski definition) is 4. The summed E-state index contributed by atoms with van der Waals surface area (Å²) >= 11 is 0. The van der Waals surface area contributed by atoms with Crippen LogP contribution in [0.5, 0.6) is 5.75 Å². The van der Waals surface area contributed by atoms with Gasteiger partial charge in [-0.05, 0) is 24.6 Å². The monoisotopic (exact) mass is 269 g/mol. The van der Waals surface area contributed by atoms with Gasteiger partial charge in [-0.25, -0.2) is 4.39 Å². The Kier molecular flexibility index (Phi) is 4.01. The Bertz CT molecular complexity index is 480. The number of rotatable bonds is 3. The molecule has 0 spiro atoms. The van der Waals surface area contributed by atoms with E-state index in [0.717, 1.165) is 0 Å². The van der Waals surface area contributed by atoms with E-state index in [1.165, 1.54) is 19.2 Å². The predicted molar refractivity (Wildman–Crippen MR) is 65.7 cm³/mol. The predicted octanol–water partition coefficient (Wildman–Crippen LogP) is 1.34. The number of carboxylic acids is 1. The van der Waals surface area contributed by atoms with E-state index in [0.29, 0.717) is 12.1 Å². The minimum atomic E-state index is -0.952. The first kappa shape index (κ1) is 13.8. The Morgan fingerprint density at radius 1 is 1.58 bits per heavy atom. The highest BCUT2D eigenvalue weighted by Gasteiger charge is 2.33. The zero-order valence-corrected chi connectivity index (χ0v) is 10.7. The molecule has 1 fully saturated rings. The first-order valence-corrected chi connectivity index (χ1v) is 5.98. The molecule has 1 aliphatic heterocycles. The lowest BCUT2D eigenvalue weighted by molar-refractivity contribution is -0.149. The van der Waals surface area contributed by atoms with Gasteiger partial charge in [-0.1, -0.05) is 6.07 Å². The van der Waals surface area contributed by atoms with Crippen LogP contribution in [0.1, 0.15) is 18.6 Å². The number of ether oxygens (including phenoxy) is 2. The second-order valence-corrected chi connectivity index (χ2v) is 4.45. The van der Waals surface area contributed by atoms with Gasteiger partial charge in [-0.3, -0.25) is 10.1 Å². The van der Waals surface area contributed by atoms with Crippen molar-refractivity contribution in [3.8, 4) is 5.75 Å². The lowest BCUT2D eigenvalue weighted by atomic mass is 10.0. The van der Waals surface area contributed by atoms with Gasteiger partial charge in [0, 0.05) is 6.54 Å². The molecular weight excluding hydrogens is 253 g/mol. The number of morpholine rings is 1. The highest BCUT2D eigenvalue weighted by Crippen LogP contribution is 2.27. The van der Waals surface area contributed by atoms with Crippen molar-refractivity contribution >= 4 is 5.97 Å². The summed E-state index contributed by atoms with van der Waals surface area (Å²) in [6, 6.07) is 3.85. The standard InChI is InChI=1S/C13H16FNO4/c1-7-12(13(16)17)15-6-11(19-7)8-3-4-10(18-2)9(14)5-8/h3-5,7,11-12,15H,6H2,1-2H3,(H,16,17). The quantitative estimate of drug-likeness (QED) is 0.866. The lowest BCUT2D eigenvalue weighted by Crippen LogP contribution is -2.52. The Morgan fingerprint density at radius 2 is 2.32 bits per heavy atom. The van der Waals surface area contributed by atoms with Gasteiger partial charge in [0.25, 0.3) is 0 Å². The van der Waals surface area contributed by atoms with Crippen LogP contribution in [0.25, 0.3) is 0 Å². The summed E-state index contributed by atoms with van der Waals surface area (Å²) in [4.78, 5) is 10.9. The van der Waals surface area contributed by atoms with Gasteiger partial charge in [-0.15, -0.1) is 0 Å². The van der Waals surface area contributed by atoms with Gasteiger partial charge >= 0.3 is 5.97 Å². The van der Waals surface area contributed by atoms with Gasteiger partial charge in [0.2, 0.25) is 0 Å². The fourth-order valence-electron chi connectivity index (χ4n) is 2.15. The molecule has 0 radical (unpaired) electrons. The Labute approximate surface area is 110 Å². The summed E-state index contributed by atoms with van der Waals surface area (Å²) in [5.41, 5.74) is 0.654. The summed E-state index contributed by atoms with van der Waals surface area (Å²) in [5.74, 6) is -1.24. The van der Waals surface area contributed by atoms with Gasteiger partial charge in [0.1, 0.15) is 6.04 Å². The maximum atomic E-state index is 13.6. The van der Waals surface area contributed by atoms with Crippen molar-refractivity contribution in [1.29, 1.82) is 0 Å². The van der Waals surface area contributed by atoms with E-state index < -0.39 is 23.9 Å². The fraction of sp³-hybridized carbons (Fsp3) is 0.462. The Balaban J connectivity index is 2.12. The van der Waals surface area contributed by atoms with Crippen LogP contribution in [-0.4, -0.2) is 36.9 Å². The van der Waals surface area contributed by atoms with Crippen LogP contribution in [0, 0.1) is 5.82 Å². The van der Waals surface area contributed by atoms with Crippen LogP contribution >= 0.6 is 0 Å². The zero-order valence-electron chi connectivity index (χ0n) is 10.7. The molecule has 19 heavy (non-hydrogen) atoms. The van der Waals surface area contributed by atoms with Crippen LogP contribution in [-0.2, 0) is 9.53 Å². The van der Waals surface area contributed by atoms with Crippen molar-refractivity contribution in [3.63, 3.8) is 0 Å². The maximum absolute atomic E-state index is 13.6. The van der Waals surface area contributed by atoms with Gasteiger partial charge in [0.05, 0.1) is 19.3 Å². The van der Waals surface area contributed by atoms with Crippen molar-refractivity contribution in [2.45, 2.75) is 25.2 Å². The fourth-order valence-corrected chi connectivity index (χ4v) is 2.15. The molecule has 3 unspecified atom stereocenters. The maximum Gasteiger partial charge on any atom is 0.323 e. The molecule has 6 heteroatoms. The summed E-state index contributed by atoms with van der Waals surface area (Å²) in [7, 11) is 1.40. The number of nitrogens with one attached hydrogen (secondary N) is 1. The SMILES string of the molecule is COc1ccc(C2CNC(C(=O)O)C(C)O2)cc1F. The first-order valence-electron chi connectivity index (χ1n) is 5.98. The number of hydrogen-bond donors (Lipinski definition) is 2. The molecular formula is C13H16FNO4. The second-order valence-electron chi connectivity index (χ2n) is 4.45. The zero-order chi connectivity index (χ0) is 14.0. The third-order valence-electron chi connectivity index (χ3n) is 3.19. The van der Waals surface area contributed by atoms with Crippen LogP contribution in [0.2, 0.25) is 0 Å². The highest BCUT2D eigenvalue weighted by molar-refractivity contribution is 5.74. The molecule has 0 saturated carbocycles. The molecule has 0 aromatic heterocycles. The van der Waals surface area contributed by atoms with E-state index in [1.807, 2.05) is 0 Å². The largest absolute Gasteiger partial charge is 0.494 e. The van der Waals surface area contributed by atoms with E-state index >= 15 is 0 Å². The minimum absolute atomic E-state index is 0.170. The third-order valence-corrected chi connectivity index (χ3v) is 3.19. The van der Waals surface area contributed by atoms with Crippen molar-refractivity contribution in [1.82, 2.24) is 5.32 Å². The van der Waals surface area contributed by atoms with Crippen LogP contribution < -0.4 is 10.1 Å². The van der Waals surface area contributed by atoms with E-state index in [2.05, 4.69) is 5.32 Å².